The average molecular weight is 361 g/mol. The van der Waals surface area contributed by atoms with Gasteiger partial charge in [-0.05, 0) is 73.8 Å². The van der Waals surface area contributed by atoms with Gasteiger partial charge in [-0.1, -0.05) is 50.2 Å². The molecule has 1 aliphatic rings. The Kier molecular flexibility index (Phi) is 6.88. The molecule has 3 nitrogen and oxygen atoms in total. The van der Waals surface area contributed by atoms with E-state index in [1.165, 1.54) is 5.57 Å². The van der Waals surface area contributed by atoms with Crippen molar-refractivity contribution in [3.63, 3.8) is 0 Å². The maximum absolute atomic E-state index is 5.99. The third kappa shape index (κ3) is 6.35. The van der Waals surface area contributed by atoms with Gasteiger partial charge in [0.15, 0.2) is 0 Å². The van der Waals surface area contributed by atoms with Crippen LogP contribution in [-0.4, -0.2) is 32.1 Å². The predicted octanol–water partition coefficient (Wildman–Crippen LogP) is 5.07. The number of hydrogen-bond donors (Lipinski definition) is 1. The maximum atomic E-state index is 5.99. The number of hydrogen-bond acceptors (Lipinski definition) is 3. The molecule has 0 fully saturated rings. The summed E-state index contributed by atoms with van der Waals surface area (Å²) in [6.07, 6.45) is 6.29. The number of rotatable bonds is 8. The van der Waals surface area contributed by atoms with E-state index in [0.717, 1.165) is 41.2 Å². The zero-order valence-corrected chi connectivity index (χ0v) is 16.5. The van der Waals surface area contributed by atoms with Gasteiger partial charge in [0.25, 0.3) is 0 Å². The van der Waals surface area contributed by atoms with Crippen LogP contribution >= 0.6 is 11.6 Å². The van der Waals surface area contributed by atoms with E-state index < -0.39 is 0 Å². The number of nitrogens with one attached hydrogen (secondary N) is 1. The molecule has 1 N–H and O–H groups in total. The quantitative estimate of drug-likeness (QED) is 0.517. The normalized spacial score (nSPS) is 16.4. The molecule has 136 valence electrons. The summed E-state index contributed by atoms with van der Waals surface area (Å²) in [5.41, 5.74) is 7.49. The standard InChI is InChI=1S/C21H29ClN2O/c1-16(17-7-9-19(22)10-8-17)18-13-20(15-21(2,3)14-18)23-25-12-6-11-24(4)5/h7-10,13,15,23H,1,6,11-12,14H2,2-5H3. The van der Waals surface area contributed by atoms with Gasteiger partial charge in [0, 0.05) is 5.02 Å². The minimum absolute atomic E-state index is 0.0504. The fourth-order valence-electron chi connectivity index (χ4n) is 2.92. The van der Waals surface area contributed by atoms with E-state index in [1.807, 2.05) is 24.3 Å². The smallest absolute Gasteiger partial charge is 0.0758 e. The average Bonchev–Trinajstić information content (AvgIpc) is 2.53. The molecule has 0 heterocycles. The van der Waals surface area contributed by atoms with Crippen molar-refractivity contribution in [3.8, 4) is 0 Å². The van der Waals surface area contributed by atoms with Crippen molar-refractivity contribution in [2.45, 2.75) is 26.7 Å². The molecule has 0 amide bonds. The summed E-state index contributed by atoms with van der Waals surface area (Å²) in [4.78, 5) is 7.78. The Bertz CT molecular complexity index is 657. The first kappa shape index (κ1) is 19.8. The fraction of sp³-hybridized carbons (Fsp3) is 0.429. The number of hydroxylamine groups is 1. The Morgan fingerprint density at radius 1 is 1.28 bits per heavy atom. The van der Waals surface area contributed by atoms with Crippen molar-refractivity contribution in [1.82, 2.24) is 10.4 Å². The summed E-state index contributed by atoms with van der Waals surface area (Å²) in [5.74, 6) is 0. The van der Waals surface area contributed by atoms with Crippen LogP contribution in [0.3, 0.4) is 0 Å². The Morgan fingerprint density at radius 2 is 1.96 bits per heavy atom. The van der Waals surface area contributed by atoms with E-state index >= 15 is 0 Å². The monoisotopic (exact) mass is 360 g/mol. The van der Waals surface area contributed by atoms with Crippen LogP contribution in [0.15, 0.2) is 54.3 Å². The van der Waals surface area contributed by atoms with Gasteiger partial charge in [-0.25, -0.2) is 0 Å². The summed E-state index contributed by atoms with van der Waals surface area (Å²) >= 11 is 5.99. The summed E-state index contributed by atoms with van der Waals surface area (Å²) in [7, 11) is 4.13. The molecule has 25 heavy (non-hydrogen) atoms. The molecule has 0 saturated heterocycles. The highest BCUT2D eigenvalue weighted by Crippen LogP contribution is 2.38. The first-order valence-electron chi connectivity index (χ1n) is 8.68. The van der Waals surface area contributed by atoms with E-state index in [-0.39, 0.29) is 5.41 Å². The lowest BCUT2D eigenvalue weighted by molar-refractivity contribution is 0.0588. The van der Waals surface area contributed by atoms with Gasteiger partial charge in [-0.3, -0.25) is 10.3 Å². The number of halogens is 1. The van der Waals surface area contributed by atoms with Gasteiger partial charge in [0.1, 0.15) is 0 Å². The predicted molar refractivity (Wildman–Crippen MR) is 107 cm³/mol. The maximum Gasteiger partial charge on any atom is 0.0758 e. The summed E-state index contributed by atoms with van der Waals surface area (Å²) in [6, 6.07) is 7.84. The van der Waals surface area contributed by atoms with Gasteiger partial charge in [-0.15, -0.1) is 0 Å². The minimum Gasteiger partial charge on any atom is -0.309 e. The van der Waals surface area contributed by atoms with Crippen molar-refractivity contribution >= 4 is 17.2 Å². The van der Waals surface area contributed by atoms with Crippen molar-refractivity contribution < 1.29 is 4.84 Å². The van der Waals surface area contributed by atoms with Crippen molar-refractivity contribution in [1.29, 1.82) is 0 Å². The summed E-state index contributed by atoms with van der Waals surface area (Å²) in [6.45, 7) is 10.4. The molecule has 1 aliphatic carbocycles. The van der Waals surface area contributed by atoms with Gasteiger partial charge in [-0.2, -0.15) is 0 Å². The van der Waals surface area contributed by atoms with Gasteiger partial charge < -0.3 is 4.90 Å². The first-order chi connectivity index (χ1) is 11.8. The van der Waals surface area contributed by atoms with E-state index in [2.05, 4.69) is 57.1 Å². The van der Waals surface area contributed by atoms with E-state index in [1.54, 1.807) is 0 Å². The van der Waals surface area contributed by atoms with Crippen molar-refractivity contribution in [2.24, 2.45) is 5.41 Å². The minimum atomic E-state index is 0.0504. The Labute approximate surface area is 157 Å². The van der Waals surface area contributed by atoms with Crippen LogP contribution in [0.2, 0.25) is 5.02 Å². The molecule has 2 rings (SSSR count). The van der Waals surface area contributed by atoms with Crippen molar-refractivity contribution in [3.05, 3.63) is 64.9 Å². The second-order valence-electron chi connectivity index (χ2n) is 7.53. The van der Waals surface area contributed by atoms with Gasteiger partial charge in [0.05, 0.1) is 12.3 Å². The second kappa shape index (κ2) is 8.70. The SMILES string of the molecule is C=C(C1=CC(NOCCCN(C)C)=CC(C)(C)C1)c1ccc(Cl)cc1. The van der Waals surface area contributed by atoms with E-state index in [4.69, 9.17) is 16.4 Å². The zero-order chi connectivity index (χ0) is 18.4. The van der Waals surface area contributed by atoms with Crippen molar-refractivity contribution in [2.75, 3.05) is 27.2 Å². The number of nitrogens with zero attached hydrogens (tertiary/aromatic N) is 1. The van der Waals surface area contributed by atoms with E-state index in [9.17, 15) is 0 Å². The molecule has 1 aromatic rings. The van der Waals surface area contributed by atoms with Crippen LogP contribution < -0.4 is 5.48 Å². The fourth-order valence-corrected chi connectivity index (χ4v) is 3.05. The van der Waals surface area contributed by atoms with Crippen LogP contribution in [0.4, 0.5) is 0 Å². The topological polar surface area (TPSA) is 24.5 Å². The van der Waals surface area contributed by atoms with Gasteiger partial charge in [0.2, 0.25) is 0 Å². The number of benzene rings is 1. The van der Waals surface area contributed by atoms with Crippen LogP contribution in [0.1, 0.15) is 32.3 Å². The molecule has 0 radical (unpaired) electrons. The lowest BCUT2D eigenvalue weighted by Gasteiger charge is -2.29. The Morgan fingerprint density at radius 3 is 2.60 bits per heavy atom. The third-order valence-corrected chi connectivity index (χ3v) is 4.40. The second-order valence-corrected chi connectivity index (χ2v) is 7.96. The van der Waals surface area contributed by atoms with Gasteiger partial charge >= 0.3 is 0 Å². The van der Waals surface area contributed by atoms with Crippen LogP contribution in [0, 0.1) is 5.41 Å². The highest BCUT2D eigenvalue weighted by molar-refractivity contribution is 6.30. The molecule has 0 atom stereocenters. The molecule has 0 unspecified atom stereocenters. The lowest BCUT2D eigenvalue weighted by Crippen LogP contribution is -2.23. The largest absolute Gasteiger partial charge is 0.309 e. The van der Waals surface area contributed by atoms with Crippen LogP contribution in [0.5, 0.6) is 0 Å². The molecule has 0 aromatic heterocycles. The van der Waals surface area contributed by atoms with Crippen LogP contribution in [0.25, 0.3) is 5.57 Å². The molecular weight excluding hydrogens is 332 g/mol. The third-order valence-electron chi connectivity index (χ3n) is 4.14. The van der Waals surface area contributed by atoms with Crippen LogP contribution in [-0.2, 0) is 4.84 Å². The Balaban J connectivity index is 2.03. The lowest BCUT2D eigenvalue weighted by atomic mass is 9.78. The Hall–Kier alpha value is -1.55. The molecule has 0 bridgehead atoms. The molecule has 4 heteroatoms. The molecular formula is C21H29ClN2O. The molecule has 0 saturated carbocycles. The molecule has 0 spiro atoms. The molecule has 0 aliphatic heterocycles. The summed E-state index contributed by atoms with van der Waals surface area (Å²) in [5, 5.41) is 0.739. The highest BCUT2D eigenvalue weighted by Gasteiger charge is 2.24. The van der Waals surface area contributed by atoms with E-state index in [0.29, 0.717) is 6.61 Å². The first-order valence-corrected chi connectivity index (χ1v) is 9.06. The highest BCUT2D eigenvalue weighted by atomic mass is 35.5. The summed E-state index contributed by atoms with van der Waals surface area (Å²) < 4.78 is 0. The number of allylic oxidation sites excluding steroid dienone is 4. The zero-order valence-electron chi connectivity index (χ0n) is 15.7. The molecule has 1 aromatic carbocycles.